The zero-order valence-electron chi connectivity index (χ0n) is 11.2. The monoisotopic (exact) mass is 355 g/mol. The van der Waals surface area contributed by atoms with Crippen molar-refractivity contribution in [3.63, 3.8) is 0 Å². The lowest BCUT2D eigenvalue weighted by Crippen LogP contribution is -2.14. The van der Waals surface area contributed by atoms with Crippen molar-refractivity contribution in [2.45, 2.75) is 20.3 Å². The first-order valence-electron chi connectivity index (χ1n) is 6.11. The van der Waals surface area contributed by atoms with Crippen LogP contribution in [0.3, 0.4) is 0 Å². The number of nitrogen functional groups attached to an aromatic ring is 1. The summed E-state index contributed by atoms with van der Waals surface area (Å²) in [6.07, 6.45) is 0.728. The van der Waals surface area contributed by atoms with Gasteiger partial charge in [-0.05, 0) is 41.1 Å². The SMILES string of the molecule is CCc1nc(NN)c(C)c(Nc2ccc(Cl)cc2Br)n1. The molecule has 7 heteroatoms. The standard InChI is InChI=1S/C13H15BrClN5/c1-3-11-18-12(7(2)13(19-11)20-16)17-10-5-4-8(15)6-9(10)14/h4-6H,3,16H2,1-2H3,(H2,17,18,19,20). The molecule has 1 heterocycles. The summed E-state index contributed by atoms with van der Waals surface area (Å²) in [6.45, 7) is 3.90. The molecule has 0 unspecified atom stereocenters. The molecule has 0 atom stereocenters. The summed E-state index contributed by atoms with van der Waals surface area (Å²) in [4.78, 5) is 8.81. The highest BCUT2D eigenvalue weighted by Gasteiger charge is 2.11. The fraction of sp³-hybridized carbons (Fsp3) is 0.231. The second-order valence-corrected chi connectivity index (χ2v) is 5.50. The Morgan fingerprint density at radius 1 is 1.30 bits per heavy atom. The van der Waals surface area contributed by atoms with Crippen LogP contribution < -0.4 is 16.6 Å². The Hall–Kier alpha value is -1.37. The largest absolute Gasteiger partial charge is 0.339 e. The van der Waals surface area contributed by atoms with Gasteiger partial charge in [-0.25, -0.2) is 15.8 Å². The number of anilines is 3. The molecule has 0 amide bonds. The molecule has 0 fully saturated rings. The fourth-order valence-electron chi connectivity index (χ4n) is 1.70. The molecule has 4 N–H and O–H groups in total. The van der Waals surface area contributed by atoms with E-state index in [4.69, 9.17) is 17.4 Å². The van der Waals surface area contributed by atoms with Crippen molar-refractivity contribution in [2.24, 2.45) is 5.84 Å². The van der Waals surface area contributed by atoms with Gasteiger partial charge in [0, 0.05) is 21.5 Å². The highest BCUT2D eigenvalue weighted by atomic mass is 79.9. The Kier molecular flexibility index (Phi) is 4.80. The summed E-state index contributed by atoms with van der Waals surface area (Å²) in [5.74, 6) is 7.54. The second-order valence-electron chi connectivity index (χ2n) is 4.21. The van der Waals surface area contributed by atoms with Gasteiger partial charge in [0.25, 0.3) is 0 Å². The lowest BCUT2D eigenvalue weighted by Gasteiger charge is -2.14. The maximum absolute atomic E-state index is 5.94. The van der Waals surface area contributed by atoms with E-state index in [1.165, 1.54) is 0 Å². The number of nitrogens with zero attached hydrogens (tertiary/aromatic N) is 2. The predicted molar refractivity (Wildman–Crippen MR) is 86.4 cm³/mol. The lowest BCUT2D eigenvalue weighted by atomic mass is 10.2. The first-order chi connectivity index (χ1) is 9.55. The quantitative estimate of drug-likeness (QED) is 0.574. The fourth-order valence-corrected chi connectivity index (χ4v) is 2.48. The highest BCUT2D eigenvalue weighted by Crippen LogP contribution is 2.30. The summed E-state index contributed by atoms with van der Waals surface area (Å²) in [6, 6.07) is 5.52. The summed E-state index contributed by atoms with van der Waals surface area (Å²) in [7, 11) is 0. The van der Waals surface area contributed by atoms with Crippen LogP contribution in [-0.2, 0) is 6.42 Å². The average molecular weight is 357 g/mol. The zero-order chi connectivity index (χ0) is 14.7. The van der Waals surface area contributed by atoms with Crippen molar-refractivity contribution in [1.29, 1.82) is 0 Å². The van der Waals surface area contributed by atoms with E-state index in [9.17, 15) is 0 Å². The number of hydrazine groups is 1. The van der Waals surface area contributed by atoms with E-state index in [1.54, 1.807) is 0 Å². The molecule has 5 nitrogen and oxygen atoms in total. The van der Waals surface area contributed by atoms with Crippen LogP contribution in [0.25, 0.3) is 0 Å². The Labute approximate surface area is 131 Å². The van der Waals surface area contributed by atoms with Crippen molar-refractivity contribution in [3.8, 4) is 0 Å². The minimum Gasteiger partial charge on any atom is -0.339 e. The van der Waals surface area contributed by atoms with E-state index in [2.05, 4.69) is 36.6 Å². The van der Waals surface area contributed by atoms with Crippen LogP contribution in [0.4, 0.5) is 17.3 Å². The molecule has 2 rings (SSSR count). The molecule has 0 aliphatic rings. The minimum atomic E-state index is 0.615. The third-order valence-electron chi connectivity index (χ3n) is 2.83. The third-order valence-corrected chi connectivity index (χ3v) is 3.72. The molecule has 0 bridgehead atoms. The number of nitrogens with one attached hydrogen (secondary N) is 2. The van der Waals surface area contributed by atoms with E-state index in [0.29, 0.717) is 16.7 Å². The minimum absolute atomic E-state index is 0.615. The molecule has 2 aromatic rings. The predicted octanol–water partition coefficient (Wildman–Crippen LogP) is 3.79. The van der Waals surface area contributed by atoms with Crippen molar-refractivity contribution < 1.29 is 0 Å². The van der Waals surface area contributed by atoms with Crippen LogP contribution in [0, 0.1) is 6.92 Å². The van der Waals surface area contributed by atoms with Gasteiger partial charge in [0.2, 0.25) is 0 Å². The number of benzene rings is 1. The number of aromatic nitrogens is 2. The maximum atomic E-state index is 5.94. The zero-order valence-corrected chi connectivity index (χ0v) is 13.5. The number of nitrogens with two attached hydrogens (primary N) is 1. The highest BCUT2D eigenvalue weighted by molar-refractivity contribution is 9.10. The molecule has 0 aliphatic carbocycles. The number of rotatable bonds is 4. The first kappa shape index (κ1) is 15.0. The van der Waals surface area contributed by atoms with Crippen molar-refractivity contribution in [2.75, 3.05) is 10.7 Å². The van der Waals surface area contributed by atoms with Gasteiger partial charge in [0.15, 0.2) is 0 Å². The molecule has 0 radical (unpaired) electrons. The molecule has 0 saturated heterocycles. The van der Waals surface area contributed by atoms with Gasteiger partial charge >= 0.3 is 0 Å². The second kappa shape index (κ2) is 6.39. The molecule has 0 spiro atoms. The molecule has 106 valence electrons. The molecular formula is C13H15BrClN5. The summed E-state index contributed by atoms with van der Waals surface area (Å²) in [5.41, 5.74) is 4.33. The number of aryl methyl sites for hydroxylation is 1. The third kappa shape index (κ3) is 3.20. The molecule has 1 aromatic heterocycles. The Balaban J connectivity index is 2.42. The Morgan fingerprint density at radius 3 is 2.60 bits per heavy atom. The van der Waals surface area contributed by atoms with Crippen LogP contribution >= 0.6 is 27.5 Å². The summed E-state index contributed by atoms with van der Waals surface area (Å²) in [5, 5.41) is 3.93. The Bertz CT molecular complexity index is 632. The summed E-state index contributed by atoms with van der Waals surface area (Å²) < 4.78 is 0.864. The van der Waals surface area contributed by atoms with Gasteiger partial charge in [0.05, 0.1) is 5.69 Å². The summed E-state index contributed by atoms with van der Waals surface area (Å²) >= 11 is 9.41. The first-order valence-corrected chi connectivity index (χ1v) is 7.28. The molecule has 0 saturated carbocycles. The van der Waals surface area contributed by atoms with Crippen LogP contribution in [0.5, 0.6) is 0 Å². The topological polar surface area (TPSA) is 75.9 Å². The van der Waals surface area contributed by atoms with E-state index >= 15 is 0 Å². The smallest absolute Gasteiger partial charge is 0.148 e. The van der Waals surface area contributed by atoms with Crippen LogP contribution in [-0.4, -0.2) is 9.97 Å². The van der Waals surface area contributed by atoms with Crippen molar-refractivity contribution >= 4 is 44.9 Å². The number of halogens is 2. The van der Waals surface area contributed by atoms with Gasteiger partial charge < -0.3 is 10.7 Å². The number of hydrogen-bond acceptors (Lipinski definition) is 5. The van der Waals surface area contributed by atoms with E-state index in [0.717, 1.165) is 28.0 Å². The molecule has 0 aliphatic heterocycles. The van der Waals surface area contributed by atoms with E-state index in [-0.39, 0.29) is 0 Å². The van der Waals surface area contributed by atoms with E-state index < -0.39 is 0 Å². The maximum Gasteiger partial charge on any atom is 0.148 e. The van der Waals surface area contributed by atoms with Gasteiger partial charge in [-0.15, -0.1) is 0 Å². The Morgan fingerprint density at radius 2 is 2.00 bits per heavy atom. The average Bonchev–Trinajstić information content (AvgIpc) is 2.43. The van der Waals surface area contributed by atoms with Crippen molar-refractivity contribution in [3.05, 3.63) is 39.1 Å². The van der Waals surface area contributed by atoms with Crippen LogP contribution in [0.2, 0.25) is 5.02 Å². The van der Waals surface area contributed by atoms with Crippen LogP contribution in [0.15, 0.2) is 22.7 Å². The number of hydrogen-bond donors (Lipinski definition) is 3. The molecular weight excluding hydrogens is 342 g/mol. The molecule has 20 heavy (non-hydrogen) atoms. The van der Waals surface area contributed by atoms with Crippen molar-refractivity contribution in [1.82, 2.24) is 9.97 Å². The van der Waals surface area contributed by atoms with Gasteiger partial charge in [-0.3, -0.25) is 0 Å². The van der Waals surface area contributed by atoms with Crippen LogP contribution in [0.1, 0.15) is 18.3 Å². The van der Waals surface area contributed by atoms with Gasteiger partial charge in [0.1, 0.15) is 17.5 Å². The lowest BCUT2D eigenvalue weighted by molar-refractivity contribution is 0.932. The van der Waals surface area contributed by atoms with Gasteiger partial charge in [-0.1, -0.05) is 18.5 Å². The molecule has 1 aromatic carbocycles. The van der Waals surface area contributed by atoms with E-state index in [1.807, 2.05) is 32.0 Å². The normalized spacial score (nSPS) is 10.4. The van der Waals surface area contributed by atoms with Gasteiger partial charge in [-0.2, -0.15) is 0 Å².